The minimum atomic E-state index is -1.06. The van der Waals surface area contributed by atoms with Crippen LogP contribution in [-0.4, -0.2) is 26.6 Å². The number of carbonyl (C=O) groups is 1. The van der Waals surface area contributed by atoms with Gasteiger partial charge in [-0.15, -0.1) is 0 Å². The second kappa shape index (κ2) is 3.73. The summed E-state index contributed by atoms with van der Waals surface area (Å²) in [5.41, 5.74) is 4.70. The summed E-state index contributed by atoms with van der Waals surface area (Å²) in [7, 11) is 0.141. The Morgan fingerprint density at radius 3 is 2.36 bits per heavy atom. The molecule has 0 aromatic carbocycles. The van der Waals surface area contributed by atoms with Gasteiger partial charge in [0.2, 0.25) is 0 Å². The summed E-state index contributed by atoms with van der Waals surface area (Å²) in [6, 6.07) is 0. The van der Waals surface area contributed by atoms with Gasteiger partial charge in [0.1, 0.15) is 9.52 Å². The van der Waals surface area contributed by atoms with Crippen molar-refractivity contribution in [3.63, 3.8) is 0 Å². The van der Waals surface area contributed by atoms with E-state index in [4.69, 9.17) is 10.8 Å². The van der Waals surface area contributed by atoms with E-state index in [1.54, 1.807) is 0 Å². The highest BCUT2D eigenvalue weighted by Gasteiger charge is 2.20. The predicted molar refractivity (Wildman–Crippen MR) is 42.1 cm³/mol. The van der Waals surface area contributed by atoms with Crippen LogP contribution in [0.5, 0.6) is 0 Å². The van der Waals surface area contributed by atoms with Crippen LogP contribution in [0.3, 0.4) is 0 Å². The highest BCUT2D eigenvalue weighted by molar-refractivity contribution is 6.40. The molecular formula is C6H13NO3Si. The summed E-state index contributed by atoms with van der Waals surface area (Å²) >= 11 is 0. The molecule has 0 bridgehead atoms. The summed E-state index contributed by atoms with van der Waals surface area (Å²) in [6.45, 7) is 5.83. The van der Waals surface area contributed by atoms with Crippen molar-refractivity contribution in [3.05, 3.63) is 0 Å². The normalized spacial score (nSPS) is 14.2. The molecule has 64 valence electrons. The molecule has 0 aliphatic heterocycles. The third-order valence-corrected chi connectivity index (χ3v) is 2.02. The van der Waals surface area contributed by atoms with Gasteiger partial charge in [-0.25, -0.2) is 4.79 Å². The Morgan fingerprint density at radius 2 is 2.09 bits per heavy atom. The number of ether oxygens (including phenoxy) is 1. The molecule has 0 spiro atoms. The molecule has 4 nitrogen and oxygen atoms in total. The number of aliphatic hydroxyl groups is 1. The first-order valence-corrected chi connectivity index (χ1v) is 4.31. The lowest BCUT2D eigenvalue weighted by Crippen LogP contribution is -2.31. The van der Waals surface area contributed by atoms with E-state index in [2.05, 4.69) is 4.74 Å². The summed E-state index contributed by atoms with van der Waals surface area (Å²) in [5.74, 6) is -1.06. The predicted octanol–water partition coefficient (Wildman–Crippen LogP) is 0.280. The van der Waals surface area contributed by atoms with Crippen LogP contribution in [0, 0.1) is 0 Å². The van der Waals surface area contributed by atoms with Crippen LogP contribution in [0.1, 0.15) is 20.8 Å². The minimum absolute atomic E-state index is 0.0468. The second-order valence-electron chi connectivity index (χ2n) is 3.18. The average molecular weight is 175 g/mol. The van der Waals surface area contributed by atoms with Crippen molar-refractivity contribution < 1.29 is 14.6 Å². The van der Waals surface area contributed by atoms with E-state index >= 15 is 0 Å². The van der Waals surface area contributed by atoms with E-state index in [1.165, 1.54) is 0 Å². The van der Waals surface area contributed by atoms with Gasteiger partial charge in [0, 0.05) is 0 Å². The number of hydrogen-bond donors (Lipinski definition) is 2. The zero-order chi connectivity index (χ0) is 9.07. The maximum absolute atomic E-state index is 10.1. The molecule has 1 atom stereocenters. The van der Waals surface area contributed by atoms with Gasteiger partial charge in [-0.3, -0.25) is 0 Å². The molecule has 0 aromatic rings. The monoisotopic (exact) mass is 175 g/mol. The number of carbonyl (C=O) groups excluding carboxylic acids is 1. The zero-order valence-electron chi connectivity index (χ0n) is 6.92. The first-order valence-electron chi connectivity index (χ1n) is 3.23. The molecular weight excluding hydrogens is 162 g/mol. The molecule has 0 aromatic heterocycles. The number of rotatable bonds is 2. The second-order valence-corrected chi connectivity index (χ2v) is 5.47. The van der Waals surface area contributed by atoms with Gasteiger partial charge in [-0.1, -0.05) is 20.8 Å². The third-order valence-electron chi connectivity index (χ3n) is 0.784. The smallest absolute Gasteiger partial charge is 0.406 e. The van der Waals surface area contributed by atoms with Crippen LogP contribution < -0.4 is 5.73 Å². The first kappa shape index (κ1) is 10.4. The zero-order valence-corrected chi connectivity index (χ0v) is 7.92. The number of aliphatic hydroxyl groups excluding tert-OH is 1. The number of amides is 1. The van der Waals surface area contributed by atoms with Crippen molar-refractivity contribution in [2.45, 2.75) is 31.7 Å². The van der Waals surface area contributed by atoms with Crippen molar-refractivity contribution in [3.8, 4) is 0 Å². The molecule has 0 saturated carbocycles. The molecule has 0 aliphatic carbocycles. The van der Waals surface area contributed by atoms with E-state index in [9.17, 15) is 4.79 Å². The van der Waals surface area contributed by atoms with E-state index in [0.717, 1.165) is 0 Å². The molecule has 5 heteroatoms. The van der Waals surface area contributed by atoms with Gasteiger partial charge in [-0.2, -0.15) is 0 Å². The fourth-order valence-corrected chi connectivity index (χ4v) is 1.43. The van der Waals surface area contributed by atoms with Crippen LogP contribution in [0.25, 0.3) is 0 Å². The molecule has 0 aliphatic rings. The standard InChI is InChI=1S/C6H13NO3Si/c1-6(2,3)11-5(9)10-4(7)8/h5,9H,1-3H3,(H2,7,8). The Hall–Kier alpha value is -0.553. The molecule has 2 radical (unpaired) electrons. The number of primary amides is 1. The van der Waals surface area contributed by atoms with Crippen molar-refractivity contribution >= 4 is 15.6 Å². The number of hydrogen-bond acceptors (Lipinski definition) is 3. The van der Waals surface area contributed by atoms with E-state index in [0.29, 0.717) is 0 Å². The molecule has 1 unspecified atom stereocenters. The lowest BCUT2D eigenvalue weighted by atomic mass is 10.3. The lowest BCUT2D eigenvalue weighted by molar-refractivity contribution is 0.00930. The van der Waals surface area contributed by atoms with Crippen LogP contribution in [0.2, 0.25) is 5.04 Å². The molecule has 0 saturated heterocycles. The first-order chi connectivity index (χ1) is 4.81. The molecule has 0 fully saturated rings. The Balaban J connectivity index is 3.69. The van der Waals surface area contributed by atoms with Gasteiger partial charge in [0.15, 0.2) is 5.91 Å². The molecule has 0 heterocycles. The quantitative estimate of drug-likeness (QED) is 0.467. The van der Waals surface area contributed by atoms with Gasteiger partial charge < -0.3 is 15.6 Å². The Bertz CT molecular complexity index is 143. The highest BCUT2D eigenvalue weighted by atomic mass is 28.2. The Morgan fingerprint density at radius 1 is 1.64 bits per heavy atom. The summed E-state index contributed by atoms with van der Waals surface area (Å²) in [6.07, 6.45) is -0.936. The van der Waals surface area contributed by atoms with Crippen molar-refractivity contribution in [2.24, 2.45) is 5.73 Å². The Labute approximate surface area is 68.5 Å². The molecule has 11 heavy (non-hydrogen) atoms. The summed E-state index contributed by atoms with van der Waals surface area (Å²) in [5, 5.41) is 9.00. The molecule has 0 rings (SSSR count). The van der Waals surface area contributed by atoms with Gasteiger partial charge in [-0.05, 0) is 5.04 Å². The summed E-state index contributed by atoms with van der Waals surface area (Å²) in [4.78, 5) is 10.1. The fraction of sp³-hybridized carbons (Fsp3) is 0.833. The van der Waals surface area contributed by atoms with E-state index in [1.807, 2.05) is 20.8 Å². The van der Waals surface area contributed by atoms with Gasteiger partial charge in [0.25, 0.3) is 0 Å². The molecule has 3 N–H and O–H groups in total. The van der Waals surface area contributed by atoms with Crippen molar-refractivity contribution in [2.75, 3.05) is 0 Å². The van der Waals surface area contributed by atoms with Crippen LogP contribution >= 0.6 is 0 Å². The van der Waals surface area contributed by atoms with Gasteiger partial charge >= 0.3 is 6.09 Å². The average Bonchev–Trinajstić information content (AvgIpc) is 1.53. The van der Waals surface area contributed by atoms with Crippen molar-refractivity contribution in [1.82, 2.24) is 0 Å². The lowest BCUT2D eigenvalue weighted by Gasteiger charge is -2.19. The summed E-state index contributed by atoms with van der Waals surface area (Å²) < 4.78 is 4.33. The fourth-order valence-electron chi connectivity index (χ4n) is 0.510. The van der Waals surface area contributed by atoms with Gasteiger partial charge in [0.05, 0.1) is 0 Å². The Kier molecular flexibility index (Phi) is 3.54. The minimum Gasteiger partial charge on any atom is -0.425 e. The largest absolute Gasteiger partial charge is 0.425 e. The SMILES string of the molecule is CC(C)(C)[Si]C(O)OC(N)=O. The molecule has 1 amide bonds. The van der Waals surface area contributed by atoms with Crippen LogP contribution in [0.15, 0.2) is 0 Å². The van der Waals surface area contributed by atoms with E-state index < -0.39 is 12.0 Å². The van der Waals surface area contributed by atoms with E-state index in [-0.39, 0.29) is 14.6 Å². The third kappa shape index (κ3) is 7.34. The van der Waals surface area contributed by atoms with Crippen LogP contribution in [0.4, 0.5) is 4.79 Å². The maximum Gasteiger partial charge on any atom is 0.406 e. The van der Waals surface area contributed by atoms with Crippen molar-refractivity contribution in [1.29, 1.82) is 0 Å². The number of nitrogens with two attached hydrogens (primary N) is 1. The topological polar surface area (TPSA) is 72.6 Å². The van der Waals surface area contributed by atoms with Crippen LogP contribution in [-0.2, 0) is 4.74 Å². The maximum atomic E-state index is 10.1. The highest BCUT2D eigenvalue weighted by Crippen LogP contribution is 2.21.